The molecule has 114 valence electrons. The number of rotatable bonds is 2. The molecular formula is C14H20N4O3. The molecular weight excluding hydrogens is 272 g/mol. The quantitative estimate of drug-likeness (QED) is 0.670. The molecule has 0 radical (unpaired) electrons. The first-order valence-electron chi connectivity index (χ1n) is 6.48. The van der Waals surface area contributed by atoms with Crippen molar-refractivity contribution in [2.75, 3.05) is 33.1 Å². The number of nitrogens with one attached hydrogen (secondary N) is 1. The number of benzene rings is 1. The van der Waals surface area contributed by atoms with Crippen molar-refractivity contribution in [2.24, 2.45) is 4.99 Å². The number of amides is 3. The van der Waals surface area contributed by atoms with Crippen LogP contribution in [0, 0.1) is 0 Å². The molecule has 1 aromatic rings. The lowest BCUT2D eigenvalue weighted by molar-refractivity contribution is 0.162. The molecule has 0 bridgehead atoms. The summed E-state index contributed by atoms with van der Waals surface area (Å²) in [6.07, 6.45) is -0.736. The Hall–Kier alpha value is -2.57. The summed E-state index contributed by atoms with van der Waals surface area (Å²) in [4.78, 5) is 30.2. The average Bonchev–Trinajstić information content (AvgIpc) is 2.45. The number of hydrogen-bond donors (Lipinski definition) is 1. The number of para-hydroxylation sites is 1. The monoisotopic (exact) mass is 292 g/mol. The van der Waals surface area contributed by atoms with Crippen molar-refractivity contribution < 1.29 is 14.3 Å². The lowest BCUT2D eigenvalue weighted by Gasteiger charge is -2.24. The summed E-state index contributed by atoms with van der Waals surface area (Å²) in [5.41, 5.74) is 0.656. The highest BCUT2D eigenvalue weighted by atomic mass is 16.5. The molecule has 0 aromatic heterocycles. The smallest absolute Gasteiger partial charge is 0.436 e. The molecule has 21 heavy (non-hydrogen) atoms. The Morgan fingerprint density at radius 2 is 1.81 bits per heavy atom. The molecule has 0 saturated heterocycles. The SMILES string of the molecule is CCOC(=O)/N=C(/N(C)C)N(C)C(=O)Nc1ccccc1. The van der Waals surface area contributed by atoms with Crippen LogP contribution >= 0.6 is 0 Å². The van der Waals surface area contributed by atoms with E-state index in [0.29, 0.717) is 5.69 Å². The maximum atomic E-state index is 12.2. The van der Waals surface area contributed by atoms with Crippen molar-refractivity contribution in [2.45, 2.75) is 6.92 Å². The Balaban J connectivity index is 2.83. The van der Waals surface area contributed by atoms with Gasteiger partial charge in [0.1, 0.15) is 0 Å². The van der Waals surface area contributed by atoms with Gasteiger partial charge in [-0.15, -0.1) is 4.99 Å². The molecule has 0 unspecified atom stereocenters. The van der Waals surface area contributed by atoms with Gasteiger partial charge in [0.15, 0.2) is 0 Å². The zero-order valence-electron chi connectivity index (χ0n) is 12.7. The van der Waals surface area contributed by atoms with E-state index in [1.807, 2.05) is 18.2 Å². The van der Waals surface area contributed by atoms with Crippen LogP contribution in [0.25, 0.3) is 0 Å². The Bertz CT molecular complexity index is 514. The van der Waals surface area contributed by atoms with E-state index >= 15 is 0 Å². The van der Waals surface area contributed by atoms with E-state index in [9.17, 15) is 9.59 Å². The number of nitrogens with zero attached hydrogens (tertiary/aromatic N) is 3. The van der Waals surface area contributed by atoms with Crippen molar-refractivity contribution in [3.05, 3.63) is 30.3 Å². The summed E-state index contributed by atoms with van der Waals surface area (Å²) >= 11 is 0. The highest BCUT2D eigenvalue weighted by Gasteiger charge is 2.18. The fourth-order valence-electron chi connectivity index (χ4n) is 1.53. The number of hydrogen-bond acceptors (Lipinski definition) is 3. The minimum Gasteiger partial charge on any atom is -0.448 e. The maximum Gasteiger partial charge on any atom is 0.436 e. The first-order chi connectivity index (χ1) is 9.95. The molecule has 0 saturated carbocycles. The topological polar surface area (TPSA) is 74.2 Å². The normalized spacial score (nSPS) is 10.8. The van der Waals surface area contributed by atoms with Crippen LogP contribution in [0.1, 0.15) is 6.92 Å². The van der Waals surface area contributed by atoms with Crippen molar-refractivity contribution in [1.29, 1.82) is 0 Å². The van der Waals surface area contributed by atoms with Gasteiger partial charge in [0, 0.05) is 26.8 Å². The van der Waals surface area contributed by atoms with E-state index in [4.69, 9.17) is 4.74 Å². The number of urea groups is 1. The highest BCUT2D eigenvalue weighted by Crippen LogP contribution is 2.07. The maximum absolute atomic E-state index is 12.2. The fraction of sp³-hybridized carbons (Fsp3) is 0.357. The van der Waals surface area contributed by atoms with Crippen molar-refractivity contribution in [1.82, 2.24) is 9.80 Å². The Kier molecular flexibility index (Phi) is 6.19. The standard InChI is InChI=1S/C14H20N4O3/c1-5-21-14(20)16-12(17(2)3)18(4)13(19)15-11-9-7-6-8-10-11/h6-10H,5H2,1-4H3,(H,15,19)/b16-12-. The highest BCUT2D eigenvalue weighted by molar-refractivity contribution is 6.04. The minimum atomic E-state index is -0.736. The molecule has 0 aliphatic carbocycles. The predicted molar refractivity (Wildman–Crippen MR) is 81.4 cm³/mol. The van der Waals surface area contributed by atoms with E-state index < -0.39 is 12.1 Å². The van der Waals surface area contributed by atoms with Gasteiger partial charge in [-0.3, -0.25) is 4.90 Å². The first kappa shape index (κ1) is 16.5. The number of anilines is 1. The third kappa shape index (κ3) is 5.13. The molecule has 0 atom stereocenters. The number of carbonyl (C=O) groups is 2. The van der Waals surface area contributed by atoms with Gasteiger partial charge >= 0.3 is 12.1 Å². The zero-order valence-corrected chi connectivity index (χ0v) is 12.7. The van der Waals surface area contributed by atoms with Gasteiger partial charge in [0.2, 0.25) is 5.96 Å². The largest absolute Gasteiger partial charge is 0.448 e. The Labute approximate surface area is 124 Å². The lowest BCUT2D eigenvalue weighted by Crippen LogP contribution is -2.44. The molecule has 0 aliphatic heterocycles. The van der Waals surface area contributed by atoms with Crippen LogP contribution < -0.4 is 5.32 Å². The molecule has 1 N–H and O–H groups in total. The van der Waals surface area contributed by atoms with Crippen LogP contribution in [0.5, 0.6) is 0 Å². The second-order valence-electron chi connectivity index (χ2n) is 4.36. The summed E-state index contributed by atoms with van der Waals surface area (Å²) in [5, 5.41) is 2.71. The fourth-order valence-corrected chi connectivity index (χ4v) is 1.53. The predicted octanol–water partition coefficient (Wildman–Crippen LogP) is 2.22. The molecule has 0 fully saturated rings. The minimum absolute atomic E-state index is 0.182. The summed E-state index contributed by atoms with van der Waals surface area (Å²) in [7, 11) is 4.89. The molecule has 0 spiro atoms. The molecule has 1 rings (SSSR count). The van der Waals surface area contributed by atoms with Crippen molar-refractivity contribution in [3.8, 4) is 0 Å². The van der Waals surface area contributed by atoms with Gasteiger partial charge < -0.3 is 15.0 Å². The average molecular weight is 292 g/mol. The van der Waals surface area contributed by atoms with Gasteiger partial charge in [-0.2, -0.15) is 0 Å². The molecule has 7 heteroatoms. The van der Waals surface area contributed by atoms with Crippen LogP contribution in [0.15, 0.2) is 35.3 Å². The van der Waals surface area contributed by atoms with Crippen LogP contribution in [-0.4, -0.2) is 55.6 Å². The third-order valence-electron chi connectivity index (χ3n) is 2.49. The van der Waals surface area contributed by atoms with Gasteiger partial charge in [-0.05, 0) is 19.1 Å². The first-order valence-corrected chi connectivity index (χ1v) is 6.48. The van der Waals surface area contributed by atoms with Crippen molar-refractivity contribution >= 4 is 23.8 Å². The van der Waals surface area contributed by atoms with Crippen LogP contribution in [0.3, 0.4) is 0 Å². The van der Waals surface area contributed by atoms with Crippen LogP contribution in [-0.2, 0) is 4.74 Å². The van der Waals surface area contributed by atoms with E-state index in [2.05, 4.69) is 10.3 Å². The van der Waals surface area contributed by atoms with Crippen molar-refractivity contribution in [3.63, 3.8) is 0 Å². The molecule has 7 nitrogen and oxygen atoms in total. The molecule has 1 aromatic carbocycles. The van der Waals surface area contributed by atoms with Crippen LogP contribution in [0.2, 0.25) is 0 Å². The second kappa shape index (κ2) is 7.88. The summed E-state index contributed by atoms with van der Waals surface area (Å²) in [6.45, 7) is 1.91. The van der Waals surface area contributed by atoms with E-state index in [1.54, 1.807) is 38.1 Å². The third-order valence-corrected chi connectivity index (χ3v) is 2.49. The second-order valence-corrected chi connectivity index (χ2v) is 4.36. The lowest BCUT2D eigenvalue weighted by atomic mass is 10.3. The van der Waals surface area contributed by atoms with Gasteiger partial charge in [-0.25, -0.2) is 9.59 Å². The van der Waals surface area contributed by atoms with Gasteiger partial charge in [0.25, 0.3) is 0 Å². The van der Waals surface area contributed by atoms with E-state index in [0.717, 1.165) is 0 Å². The Morgan fingerprint density at radius 1 is 1.19 bits per heavy atom. The Morgan fingerprint density at radius 3 is 2.33 bits per heavy atom. The number of guanidine groups is 1. The van der Waals surface area contributed by atoms with Gasteiger partial charge in [-0.1, -0.05) is 18.2 Å². The summed E-state index contributed by atoms with van der Waals surface area (Å²) < 4.78 is 4.76. The number of ether oxygens (including phenoxy) is 1. The number of aliphatic imine (C=N–C) groups is 1. The zero-order chi connectivity index (χ0) is 15.8. The number of carbonyl (C=O) groups excluding carboxylic acids is 2. The van der Waals surface area contributed by atoms with E-state index in [-0.39, 0.29) is 12.6 Å². The summed E-state index contributed by atoms with van der Waals surface area (Å²) in [6, 6.07) is 8.61. The summed E-state index contributed by atoms with van der Waals surface area (Å²) in [5.74, 6) is 0.182. The van der Waals surface area contributed by atoms with Gasteiger partial charge in [0.05, 0.1) is 6.61 Å². The molecule has 0 aliphatic rings. The van der Waals surface area contributed by atoms with Crippen LogP contribution in [0.4, 0.5) is 15.3 Å². The van der Waals surface area contributed by atoms with E-state index in [1.165, 1.54) is 11.9 Å². The molecule has 3 amide bonds. The molecule has 0 heterocycles.